The van der Waals surface area contributed by atoms with Crippen LogP contribution in [0.3, 0.4) is 0 Å². The molecule has 0 saturated carbocycles. The minimum absolute atomic E-state index is 0.184. The second-order valence-corrected chi connectivity index (χ2v) is 3.00. The molecule has 0 aliphatic heterocycles. The van der Waals surface area contributed by atoms with Gasteiger partial charge in [0.1, 0.15) is 0 Å². The van der Waals surface area contributed by atoms with E-state index in [1.54, 1.807) is 6.07 Å². The van der Waals surface area contributed by atoms with Crippen LogP contribution in [0.25, 0.3) is 0 Å². The Hall–Kier alpha value is -1.66. The average molecular weight is 205 g/mol. The Labute approximate surface area is 90.1 Å². The predicted octanol–water partition coefficient (Wildman–Crippen LogP) is 1.51. The zero-order valence-electron chi connectivity index (χ0n) is 8.79. The third kappa shape index (κ3) is 3.19. The molecule has 1 aromatic rings. The Bertz CT molecular complexity index is 355. The Morgan fingerprint density at radius 1 is 1.53 bits per heavy atom. The fourth-order valence-corrected chi connectivity index (χ4v) is 1.25. The molecular weight excluding hydrogens is 190 g/mol. The minimum atomic E-state index is 0.184. The smallest absolute Gasteiger partial charge is 0.162 e. The van der Waals surface area contributed by atoms with E-state index in [-0.39, 0.29) is 5.75 Å². The van der Waals surface area contributed by atoms with Crippen LogP contribution in [0, 0.1) is 12.3 Å². The Morgan fingerprint density at radius 3 is 3.00 bits per heavy atom. The largest absolute Gasteiger partial charge is 0.504 e. The third-order valence-electron chi connectivity index (χ3n) is 1.92. The quantitative estimate of drug-likeness (QED) is 0.565. The van der Waals surface area contributed by atoms with E-state index in [2.05, 4.69) is 11.2 Å². The van der Waals surface area contributed by atoms with Crippen molar-refractivity contribution in [1.29, 1.82) is 0 Å². The highest BCUT2D eigenvalue weighted by atomic mass is 16.5. The first-order valence-electron chi connectivity index (χ1n) is 4.87. The maximum absolute atomic E-state index is 9.80. The first kappa shape index (κ1) is 11.4. The van der Waals surface area contributed by atoms with Crippen molar-refractivity contribution >= 4 is 0 Å². The number of hydrogen-bond donors (Lipinski definition) is 2. The summed E-state index contributed by atoms with van der Waals surface area (Å²) < 4.78 is 5.27. The van der Waals surface area contributed by atoms with Crippen molar-refractivity contribution in [2.24, 2.45) is 0 Å². The summed E-state index contributed by atoms with van der Waals surface area (Å²) in [6.07, 6.45) is 5.11. The van der Waals surface area contributed by atoms with E-state index in [9.17, 15) is 5.11 Å². The monoisotopic (exact) mass is 205 g/mol. The van der Waals surface area contributed by atoms with Crippen LogP contribution >= 0.6 is 0 Å². The molecular formula is C12H15NO2. The molecule has 0 atom stereocenters. The number of ether oxygens (including phenoxy) is 1. The lowest BCUT2D eigenvalue weighted by atomic mass is 10.2. The highest BCUT2D eigenvalue weighted by Gasteiger charge is 2.06. The molecule has 0 heterocycles. The molecule has 3 nitrogen and oxygen atoms in total. The molecule has 3 heteroatoms. The van der Waals surface area contributed by atoms with Crippen molar-refractivity contribution in [3.63, 3.8) is 0 Å². The number of para-hydroxylation sites is 1. The fourth-order valence-electron chi connectivity index (χ4n) is 1.25. The number of rotatable bonds is 5. The van der Waals surface area contributed by atoms with Gasteiger partial charge in [0.05, 0.1) is 13.2 Å². The third-order valence-corrected chi connectivity index (χ3v) is 1.92. The van der Waals surface area contributed by atoms with E-state index in [0.717, 1.165) is 5.56 Å². The number of terminal acetylenes is 1. The number of aromatic hydroxyl groups is 1. The summed E-state index contributed by atoms with van der Waals surface area (Å²) in [6, 6.07) is 5.42. The van der Waals surface area contributed by atoms with Crippen molar-refractivity contribution < 1.29 is 9.84 Å². The molecule has 0 aromatic heterocycles. The van der Waals surface area contributed by atoms with Gasteiger partial charge in [0.25, 0.3) is 0 Å². The summed E-state index contributed by atoms with van der Waals surface area (Å²) in [6.45, 7) is 3.44. The lowest BCUT2D eigenvalue weighted by molar-refractivity contribution is 0.316. The van der Waals surface area contributed by atoms with Crippen LogP contribution < -0.4 is 10.1 Å². The molecule has 1 rings (SSSR count). The van der Waals surface area contributed by atoms with E-state index >= 15 is 0 Å². The summed E-state index contributed by atoms with van der Waals surface area (Å²) in [7, 11) is 0. The van der Waals surface area contributed by atoms with Gasteiger partial charge in [0.15, 0.2) is 11.5 Å². The first-order chi connectivity index (χ1) is 7.29. The molecule has 0 aliphatic rings. The summed E-state index contributed by atoms with van der Waals surface area (Å²) in [5.41, 5.74) is 0.788. The second kappa shape index (κ2) is 5.94. The average Bonchev–Trinajstić information content (AvgIpc) is 2.24. The number of benzene rings is 1. The number of nitrogens with one attached hydrogen (secondary N) is 1. The lowest BCUT2D eigenvalue weighted by Crippen LogP contribution is -2.13. The summed E-state index contributed by atoms with van der Waals surface area (Å²) in [5.74, 6) is 3.17. The second-order valence-electron chi connectivity index (χ2n) is 3.00. The molecule has 0 spiro atoms. The van der Waals surface area contributed by atoms with Gasteiger partial charge in [-0.2, -0.15) is 0 Å². The van der Waals surface area contributed by atoms with Gasteiger partial charge in [-0.25, -0.2) is 0 Å². The van der Waals surface area contributed by atoms with Gasteiger partial charge in [-0.1, -0.05) is 18.1 Å². The van der Waals surface area contributed by atoms with Crippen molar-refractivity contribution in [3.05, 3.63) is 23.8 Å². The Morgan fingerprint density at radius 2 is 2.33 bits per heavy atom. The predicted molar refractivity (Wildman–Crippen MR) is 59.8 cm³/mol. The van der Waals surface area contributed by atoms with Gasteiger partial charge in [-0.05, 0) is 13.0 Å². The van der Waals surface area contributed by atoms with Crippen molar-refractivity contribution in [1.82, 2.24) is 5.32 Å². The zero-order chi connectivity index (χ0) is 11.1. The van der Waals surface area contributed by atoms with Crippen LogP contribution in [0.1, 0.15) is 12.5 Å². The number of phenolic OH excluding ortho intramolecular Hbond substituents is 1. The molecule has 2 N–H and O–H groups in total. The van der Waals surface area contributed by atoms with Gasteiger partial charge in [0, 0.05) is 12.1 Å². The zero-order valence-corrected chi connectivity index (χ0v) is 8.79. The van der Waals surface area contributed by atoms with Crippen molar-refractivity contribution in [2.75, 3.05) is 13.2 Å². The summed E-state index contributed by atoms with van der Waals surface area (Å²) in [5, 5.41) is 12.8. The van der Waals surface area contributed by atoms with Crippen LogP contribution in [0.5, 0.6) is 11.5 Å². The highest BCUT2D eigenvalue weighted by Crippen LogP contribution is 2.29. The van der Waals surface area contributed by atoms with Crippen LogP contribution in [-0.2, 0) is 6.54 Å². The summed E-state index contributed by atoms with van der Waals surface area (Å²) >= 11 is 0. The SMILES string of the molecule is C#CCNCc1cccc(OCC)c1O. The van der Waals surface area contributed by atoms with Gasteiger partial charge in [-0.3, -0.25) is 0 Å². The molecule has 1 aromatic carbocycles. The number of hydrogen-bond acceptors (Lipinski definition) is 3. The van der Waals surface area contributed by atoms with E-state index < -0.39 is 0 Å². The maximum atomic E-state index is 9.80. The van der Waals surface area contributed by atoms with Gasteiger partial charge < -0.3 is 15.2 Å². The molecule has 0 aliphatic carbocycles. The molecule has 80 valence electrons. The standard InChI is InChI=1S/C12H15NO2/c1-3-8-13-9-10-6-5-7-11(12(10)14)15-4-2/h1,5-7,13-14H,4,8-9H2,2H3. The van der Waals surface area contributed by atoms with Crippen molar-refractivity contribution in [2.45, 2.75) is 13.5 Å². The van der Waals surface area contributed by atoms with E-state index in [1.807, 2.05) is 19.1 Å². The minimum Gasteiger partial charge on any atom is -0.504 e. The van der Waals surface area contributed by atoms with Gasteiger partial charge in [-0.15, -0.1) is 6.42 Å². The van der Waals surface area contributed by atoms with E-state index in [4.69, 9.17) is 11.2 Å². The summed E-state index contributed by atoms with van der Waals surface area (Å²) in [4.78, 5) is 0. The molecule has 0 bridgehead atoms. The topological polar surface area (TPSA) is 41.5 Å². The maximum Gasteiger partial charge on any atom is 0.162 e. The van der Waals surface area contributed by atoms with Gasteiger partial charge in [0.2, 0.25) is 0 Å². The Kier molecular flexibility index (Phi) is 4.52. The number of phenols is 1. The Balaban J connectivity index is 2.71. The van der Waals surface area contributed by atoms with E-state index in [0.29, 0.717) is 25.4 Å². The van der Waals surface area contributed by atoms with Crippen LogP contribution in [-0.4, -0.2) is 18.3 Å². The van der Waals surface area contributed by atoms with Crippen LogP contribution in [0.4, 0.5) is 0 Å². The van der Waals surface area contributed by atoms with E-state index in [1.165, 1.54) is 0 Å². The normalized spacial score (nSPS) is 9.60. The molecule has 15 heavy (non-hydrogen) atoms. The van der Waals surface area contributed by atoms with Crippen LogP contribution in [0.2, 0.25) is 0 Å². The van der Waals surface area contributed by atoms with Crippen molar-refractivity contribution in [3.8, 4) is 23.8 Å². The molecule has 0 amide bonds. The molecule has 0 radical (unpaired) electrons. The lowest BCUT2D eigenvalue weighted by Gasteiger charge is -2.09. The molecule has 0 fully saturated rings. The first-order valence-corrected chi connectivity index (χ1v) is 4.87. The molecule has 0 unspecified atom stereocenters. The van der Waals surface area contributed by atoms with Gasteiger partial charge >= 0.3 is 0 Å². The fraction of sp³-hybridized carbons (Fsp3) is 0.333. The highest BCUT2D eigenvalue weighted by molar-refractivity contribution is 5.45. The van der Waals surface area contributed by atoms with Crippen LogP contribution in [0.15, 0.2) is 18.2 Å². The molecule has 0 saturated heterocycles.